The fourth-order valence-corrected chi connectivity index (χ4v) is 3.85. The average molecular weight is 357 g/mol. The standard InChI is InChI=1S/C20H11N3O2S/c24-19-12-8-4-5-9-13(12)20(25)16-14(19)10-15(17-18(16)23-26-22-17)21-11-6-2-1-3-7-11/h1-10,21H. The number of carbonyl (C=O) groups is 2. The number of anilines is 2. The van der Waals surface area contributed by atoms with Crippen LogP contribution in [0.25, 0.3) is 11.0 Å². The van der Waals surface area contributed by atoms with Crippen molar-refractivity contribution < 1.29 is 9.59 Å². The van der Waals surface area contributed by atoms with Crippen LogP contribution >= 0.6 is 11.7 Å². The van der Waals surface area contributed by atoms with Crippen molar-refractivity contribution in [1.82, 2.24) is 8.75 Å². The van der Waals surface area contributed by atoms with Gasteiger partial charge >= 0.3 is 0 Å². The summed E-state index contributed by atoms with van der Waals surface area (Å²) in [6.45, 7) is 0. The van der Waals surface area contributed by atoms with E-state index in [9.17, 15) is 9.59 Å². The Kier molecular flexibility index (Phi) is 3.20. The summed E-state index contributed by atoms with van der Waals surface area (Å²) in [6, 6.07) is 18.2. The molecule has 0 spiro atoms. The zero-order valence-electron chi connectivity index (χ0n) is 13.4. The molecule has 1 aliphatic rings. The van der Waals surface area contributed by atoms with Gasteiger partial charge in [-0.25, -0.2) is 0 Å². The average Bonchev–Trinajstić information content (AvgIpc) is 3.17. The topological polar surface area (TPSA) is 72.0 Å². The minimum Gasteiger partial charge on any atom is -0.354 e. The van der Waals surface area contributed by atoms with Gasteiger partial charge in [0.1, 0.15) is 11.0 Å². The molecular weight excluding hydrogens is 346 g/mol. The lowest BCUT2D eigenvalue weighted by atomic mass is 9.83. The molecular formula is C20H11N3O2S. The van der Waals surface area contributed by atoms with Crippen LogP contribution in [0.15, 0.2) is 60.7 Å². The first-order chi connectivity index (χ1) is 12.7. The monoisotopic (exact) mass is 357 g/mol. The van der Waals surface area contributed by atoms with Gasteiger partial charge in [-0.2, -0.15) is 8.75 Å². The molecule has 0 unspecified atom stereocenters. The normalized spacial score (nSPS) is 12.8. The lowest BCUT2D eigenvalue weighted by molar-refractivity contribution is 0.0980. The second-order valence-electron chi connectivity index (χ2n) is 6.00. The zero-order chi connectivity index (χ0) is 17.7. The molecule has 1 aliphatic carbocycles. The van der Waals surface area contributed by atoms with Gasteiger partial charge in [-0.15, -0.1) is 0 Å². The van der Waals surface area contributed by atoms with E-state index in [1.54, 1.807) is 30.3 Å². The molecule has 0 amide bonds. The van der Waals surface area contributed by atoms with Crippen molar-refractivity contribution in [2.75, 3.05) is 5.32 Å². The lowest BCUT2D eigenvalue weighted by Gasteiger charge is -2.19. The van der Waals surface area contributed by atoms with Gasteiger partial charge in [-0.05, 0) is 18.2 Å². The first-order valence-electron chi connectivity index (χ1n) is 8.04. The largest absolute Gasteiger partial charge is 0.354 e. The van der Waals surface area contributed by atoms with Crippen LogP contribution in [-0.2, 0) is 0 Å². The van der Waals surface area contributed by atoms with Crippen molar-refractivity contribution in [2.24, 2.45) is 0 Å². The smallest absolute Gasteiger partial charge is 0.196 e. The number of aromatic nitrogens is 2. The van der Waals surface area contributed by atoms with Crippen molar-refractivity contribution in [3.63, 3.8) is 0 Å². The van der Waals surface area contributed by atoms with Crippen molar-refractivity contribution in [1.29, 1.82) is 0 Å². The number of hydrogen-bond donors (Lipinski definition) is 1. The summed E-state index contributed by atoms with van der Waals surface area (Å²) in [6.07, 6.45) is 0. The number of rotatable bonds is 2. The first-order valence-corrected chi connectivity index (χ1v) is 8.77. The molecule has 0 aliphatic heterocycles. The third-order valence-corrected chi connectivity index (χ3v) is 5.01. The maximum absolute atomic E-state index is 13.0. The van der Waals surface area contributed by atoms with Crippen LogP contribution in [0.5, 0.6) is 0 Å². The Hall–Kier alpha value is -3.38. The summed E-state index contributed by atoms with van der Waals surface area (Å²) >= 11 is 1.03. The molecule has 124 valence electrons. The van der Waals surface area contributed by atoms with E-state index < -0.39 is 0 Å². The van der Waals surface area contributed by atoms with E-state index in [1.165, 1.54) is 0 Å². The van der Waals surface area contributed by atoms with Gasteiger partial charge in [0, 0.05) is 22.4 Å². The SMILES string of the molecule is O=C1c2ccccc2C(=O)c2c1cc(Nc1ccccc1)c1nsnc21. The van der Waals surface area contributed by atoms with Crippen LogP contribution in [-0.4, -0.2) is 20.3 Å². The summed E-state index contributed by atoms with van der Waals surface area (Å²) in [5.41, 5.74) is 4.16. The van der Waals surface area contributed by atoms with E-state index in [0.717, 1.165) is 17.4 Å². The molecule has 5 rings (SSSR count). The summed E-state index contributed by atoms with van der Waals surface area (Å²) in [4.78, 5) is 26.0. The zero-order valence-corrected chi connectivity index (χ0v) is 14.2. The van der Waals surface area contributed by atoms with Gasteiger partial charge in [-0.1, -0.05) is 42.5 Å². The van der Waals surface area contributed by atoms with Crippen molar-refractivity contribution in [3.05, 3.63) is 82.9 Å². The fourth-order valence-electron chi connectivity index (χ4n) is 3.28. The van der Waals surface area contributed by atoms with E-state index in [-0.39, 0.29) is 11.6 Å². The Morgan fingerprint density at radius 1 is 0.731 bits per heavy atom. The molecule has 1 aromatic heterocycles. The van der Waals surface area contributed by atoms with E-state index >= 15 is 0 Å². The van der Waals surface area contributed by atoms with Gasteiger partial charge in [0.25, 0.3) is 0 Å². The number of nitrogens with zero attached hydrogens (tertiary/aromatic N) is 2. The molecule has 0 fully saturated rings. The third-order valence-electron chi connectivity index (χ3n) is 4.48. The molecule has 0 atom stereocenters. The van der Waals surface area contributed by atoms with Crippen LogP contribution in [0.1, 0.15) is 31.8 Å². The Bertz CT molecular complexity index is 1200. The van der Waals surface area contributed by atoms with Crippen LogP contribution in [0.2, 0.25) is 0 Å². The van der Waals surface area contributed by atoms with Crippen molar-refractivity contribution in [3.8, 4) is 0 Å². The number of hydrogen-bond acceptors (Lipinski definition) is 6. The molecule has 0 bridgehead atoms. The Balaban J connectivity index is 1.76. The van der Waals surface area contributed by atoms with E-state index in [1.807, 2.05) is 30.3 Å². The number of para-hydroxylation sites is 1. The lowest BCUT2D eigenvalue weighted by Crippen LogP contribution is -2.21. The Labute approximate surface area is 152 Å². The molecule has 26 heavy (non-hydrogen) atoms. The second-order valence-corrected chi connectivity index (χ2v) is 6.53. The summed E-state index contributed by atoms with van der Waals surface area (Å²) < 4.78 is 8.65. The quantitative estimate of drug-likeness (QED) is 0.512. The molecule has 5 nitrogen and oxygen atoms in total. The Morgan fingerprint density at radius 3 is 2.15 bits per heavy atom. The van der Waals surface area contributed by atoms with Crippen LogP contribution < -0.4 is 5.32 Å². The highest BCUT2D eigenvalue weighted by Gasteiger charge is 2.33. The molecule has 0 saturated heterocycles. The van der Waals surface area contributed by atoms with Gasteiger partial charge < -0.3 is 5.32 Å². The highest BCUT2D eigenvalue weighted by Crippen LogP contribution is 2.36. The van der Waals surface area contributed by atoms with E-state index in [0.29, 0.717) is 39.0 Å². The minimum absolute atomic E-state index is 0.166. The van der Waals surface area contributed by atoms with Crippen molar-refractivity contribution >= 4 is 45.7 Å². The first kappa shape index (κ1) is 14.9. The van der Waals surface area contributed by atoms with E-state index in [2.05, 4.69) is 14.1 Å². The van der Waals surface area contributed by atoms with Gasteiger partial charge in [0.15, 0.2) is 11.6 Å². The van der Waals surface area contributed by atoms with Gasteiger partial charge in [-0.3, -0.25) is 9.59 Å². The van der Waals surface area contributed by atoms with Crippen LogP contribution in [0.4, 0.5) is 11.4 Å². The summed E-state index contributed by atoms with van der Waals surface area (Å²) in [7, 11) is 0. The molecule has 0 saturated carbocycles. The fraction of sp³-hybridized carbons (Fsp3) is 0. The number of fused-ring (bicyclic) bond motifs is 4. The maximum Gasteiger partial charge on any atom is 0.196 e. The number of ketones is 2. The molecule has 4 aromatic rings. The molecule has 1 N–H and O–H groups in total. The van der Waals surface area contributed by atoms with Crippen LogP contribution in [0, 0.1) is 0 Å². The van der Waals surface area contributed by atoms with Gasteiger partial charge in [0.05, 0.1) is 23.0 Å². The summed E-state index contributed by atoms with van der Waals surface area (Å²) in [5.74, 6) is -0.347. The van der Waals surface area contributed by atoms with Crippen molar-refractivity contribution in [2.45, 2.75) is 0 Å². The third kappa shape index (κ3) is 2.09. The highest BCUT2D eigenvalue weighted by molar-refractivity contribution is 7.00. The molecule has 3 aromatic carbocycles. The maximum atomic E-state index is 13.0. The highest BCUT2D eigenvalue weighted by atomic mass is 32.1. The Morgan fingerprint density at radius 2 is 1.38 bits per heavy atom. The number of benzene rings is 3. The predicted molar refractivity (Wildman–Crippen MR) is 100 cm³/mol. The molecule has 6 heteroatoms. The predicted octanol–water partition coefficient (Wildman–Crippen LogP) is 4.21. The second kappa shape index (κ2) is 5.57. The van der Waals surface area contributed by atoms with Crippen LogP contribution in [0.3, 0.4) is 0 Å². The number of nitrogens with one attached hydrogen (secondary N) is 1. The van der Waals surface area contributed by atoms with Gasteiger partial charge in [0.2, 0.25) is 0 Å². The number of carbonyl (C=O) groups excluding carboxylic acids is 2. The minimum atomic E-state index is -0.181. The van der Waals surface area contributed by atoms with E-state index in [4.69, 9.17) is 0 Å². The molecule has 1 heterocycles. The molecule has 0 radical (unpaired) electrons. The summed E-state index contributed by atoms with van der Waals surface area (Å²) in [5, 5.41) is 3.28.